The molecule has 3 nitrogen and oxygen atoms in total. The summed E-state index contributed by atoms with van der Waals surface area (Å²) in [5.41, 5.74) is 1.80. The van der Waals surface area contributed by atoms with E-state index in [1.807, 2.05) is 19.1 Å². The van der Waals surface area contributed by atoms with E-state index in [2.05, 4.69) is 0 Å². The van der Waals surface area contributed by atoms with Crippen molar-refractivity contribution in [2.75, 3.05) is 0 Å². The Kier molecular flexibility index (Phi) is 3.66. The van der Waals surface area contributed by atoms with Crippen molar-refractivity contribution in [3.8, 4) is 5.75 Å². The average Bonchev–Trinajstić information content (AvgIpc) is 2.39. The van der Waals surface area contributed by atoms with E-state index in [1.165, 1.54) is 12.1 Å². The van der Waals surface area contributed by atoms with Gasteiger partial charge < -0.3 is 10.2 Å². The van der Waals surface area contributed by atoms with Crippen LogP contribution in [0, 0.1) is 6.92 Å². The highest BCUT2D eigenvalue weighted by Gasteiger charge is 2.09. The van der Waals surface area contributed by atoms with E-state index in [-0.39, 0.29) is 17.1 Å². The molecule has 2 aromatic carbocycles. The van der Waals surface area contributed by atoms with Crippen molar-refractivity contribution in [3.63, 3.8) is 0 Å². The quantitative estimate of drug-likeness (QED) is 0.501. The summed E-state index contributed by atoms with van der Waals surface area (Å²) in [6.07, 6.45) is 1.11. The maximum Gasteiger partial charge on any atom is 0.193 e. The van der Waals surface area contributed by atoms with Gasteiger partial charge in [-0.15, -0.1) is 0 Å². The van der Waals surface area contributed by atoms with E-state index in [0.717, 1.165) is 11.6 Å². The summed E-state index contributed by atoms with van der Waals surface area (Å²) < 4.78 is 0. The number of aromatic hydroxyl groups is 1. The summed E-state index contributed by atoms with van der Waals surface area (Å²) in [5, 5.41) is 19.5. The lowest BCUT2D eigenvalue weighted by molar-refractivity contribution is 0.104. The standard InChI is InChI=1S/C16H14O3/c1-11-6-8-12(9-7-11)15(18)10-16(19)13-4-2-3-5-14(13)17/h2-10,17-18H,1H3/b15-10-. The van der Waals surface area contributed by atoms with Gasteiger partial charge in [0.2, 0.25) is 0 Å². The second-order valence-electron chi connectivity index (χ2n) is 4.28. The third kappa shape index (κ3) is 3.01. The average molecular weight is 254 g/mol. The Balaban J connectivity index is 2.28. The molecule has 0 atom stereocenters. The van der Waals surface area contributed by atoms with Gasteiger partial charge in [-0.05, 0) is 19.1 Å². The van der Waals surface area contributed by atoms with Gasteiger partial charge in [-0.3, -0.25) is 4.79 Å². The maximum absolute atomic E-state index is 11.9. The third-order valence-electron chi connectivity index (χ3n) is 2.78. The first-order chi connectivity index (χ1) is 9.08. The second kappa shape index (κ2) is 5.40. The van der Waals surface area contributed by atoms with Crippen LogP contribution in [0.1, 0.15) is 21.5 Å². The van der Waals surface area contributed by atoms with Crippen LogP contribution in [0.25, 0.3) is 5.76 Å². The zero-order valence-electron chi connectivity index (χ0n) is 10.5. The molecule has 0 fully saturated rings. The number of ketones is 1. The van der Waals surface area contributed by atoms with Gasteiger partial charge in [-0.1, -0.05) is 42.0 Å². The molecule has 0 saturated heterocycles. The first-order valence-electron chi connectivity index (χ1n) is 5.88. The molecule has 19 heavy (non-hydrogen) atoms. The molecule has 96 valence electrons. The summed E-state index contributed by atoms with van der Waals surface area (Å²) in [5.74, 6) is -0.648. The SMILES string of the molecule is Cc1ccc(/C(O)=C/C(=O)c2ccccc2O)cc1. The van der Waals surface area contributed by atoms with E-state index in [1.54, 1.807) is 24.3 Å². The van der Waals surface area contributed by atoms with Crippen LogP contribution in [0.2, 0.25) is 0 Å². The van der Waals surface area contributed by atoms with Gasteiger partial charge in [-0.25, -0.2) is 0 Å². The van der Waals surface area contributed by atoms with Crippen LogP contribution in [0.3, 0.4) is 0 Å². The number of hydrogen-bond donors (Lipinski definition) is 2. The lowest BCUT2D eigenvalue weighted by atomic mass is 10.1. The van der Waals surface area contributed by atoms with Crippen molar-refractivity contribution in [2.45, 2.75) is 6.92 Å². The van der Waals surface area contributed by atoms with E-state index >= 15 is 0 Å². The third-order valence-corrected chi connectivity index (χ3v) is 2.78. The Labute approximate surface area is 111 Å². The van der Waals surface area contributed by atoms with Crippen LogP contribution in [-0.2, 0) is 0 Å². The van der Waals surface area contributed by atoms with Gasteiger partial charge in [0, 0.05) is 11.6 Å². The number of benzene rings is 2. The van der Waals surface area contributed by atoms with Crippen LogP contribution in [0.15, 0.2) is 54.6 Å². The summed E-state index contributed by atoms with van der Waals surface area (Å²) >= 11 is 0. The summed E-state index contributed by atoms with van der Waals surface area (Å²) in [6, 6.07) is 13.4. The molecule has 0 aliphatic heterocycles. The fourth-order valence-corrected chi connectivity index (χ4v) is 1.69. The number of aliphatic hydroxyl groups excluding tert-OH is 1. The number of phenols is 1. The zero-order chi connectivity index (χ0) is 13.8. The number of aryl methyl sites for hydroxylation is 1. The van der Waals surface area contributed by atoms with E-state index < -0.39 is 5.78 Å². The predicted octanol–water partition coefficient (Wildman–Crippen LogP) is 3.48. The number of rotatable bonds is 3. The van der Waals surface area contributed by atoms with E-state index in [9.17, 15) is 15.0 Å². The van der Waals surface area contributed by atoms with Crippen LogP contribution in [0.5, 0.6) is 5.75 Å². The molecular formula is C16H14O3. The van der Waals surface area contributed by atoms with Crippen molar-refractivity contribution in [2.24, 2.45) is 0 Å². The molecule has 2 N–H and O–H groups in total. The minimum Gasteiger partial charge on any atom is -0.507 e. The molecule has 2 aromatic rings. The van der Waals surface area contributed by atoms with Gasteiger partial charge >= 0.3 is 0 Å². The lowest BCUT2D eigenvalue weighted by Crippen LogP contribution is -1.97. The summed E-state index contributed by atoms with van der Waals surface area (Å²) in [6.45, 7) is 1.94. The second-order valence-corrected chi connectivity index (χ2v) is 4.28. The number of para-hydroxylation sites is 1. The van der Waals surface area contributed by atoms with Gasteiger partial charge in [-0.2, -0.15) is 0 Å². The first kappa shape index (κ1) is 12.9. The number of carbonyl (C=O) groups is 1. The molecule has 0 radical (unpaired) electrons. The highest BCUT2D eigenvalue weighted by molar-refractivity contribution is 6.09. The molecule has 0 aromatic heterocycles. The van der Waals surface area contributed by atoms with Gasteiger partial charge in [0.25, 0.3) is 0 Å². The summed E-state index contributed by atoms with van der Waals surface area (Å²) in [4.78, 5) is 11.9. The minimum atomic E-state index is -0.434. The molecule has 3 heteroatoms. The minimum absolute atomic E-state index is 0.0968. The lowest BCUT2D eigenvalue weighted by Gasteiger charge is -2.02. The largest absolute Gasteiger partial charge is 0.507 e. The van der Waals surface area contributed by atoms with Crippen molar-refractivity contribution in [1.82, 2.24) is 0 Å². The van der Waals surface area contributed by atoms with Crippen LogP contribution >= 0.6 is 0 Å². The molecule has 0 aliphatic carbocycles. The van der Waals surface area contributed by atoms with E-state index in [4.69, 9.17) is 0 Å². The fraction of sp³-hybridized carbons (Fsp3) is 0.0625. The zero-order valence-corrected chi connectivity index (χ0v) is 10.5. The molecule has 0 saturated carbocycles. The molecule has 0 aliphatic rings. The Morgan fingerprint density at radius 1 is 1.05 bits per heavy atom. The fourth-order valence-electron chi connectivity index (χ4n) is 1.69. The molecule has 2 rings (SSSR count). The predicted molar refractivity (Wildman–Crippen MR) is 74.2 cm³/mol. The van der Waals surface area contributed by atoms with Crippen LogP contribution < -0.4 is 0 Å². The molecule has 0 spiro atoms. The molecular weight excluding hydrogens is 240 g/mol. The molecule has 0 amide bonds. The van der Waals surface area contributed by atoms with Crippen molar-refractivity contribution < 1.29 is 15.0 Å². The Morgan fingerprint density at radius 3 is 2.32 bits per heavy atom. The van der Waals surface area contributed by atoms with Crippen molar-refractivity contribution in [1.29, 1.82) is 0 Å². The molecule has 0 bridgehead atoms. The van der Waals surface area contributed by atoms with Crippen LogP contribution in [0.4, 0.5) is 0 Å². The smallest absolute Gasteiger partial charge is 0.193 e. The highest BCUT2D eigenvalue weighted by atomic mass is 16.3. The van der Waals surface area contributed by atoms with Gasteiger partial charge in [0.05, 0.1) is 5.56 Å². The number of phenolic OH excluding ortho intramolecular Hbond substituents is 1. The molecule has 0 unspecified atom stereocenters. The van der Waals surface area contributed by atoms with Crippen molar-refractivity contribution >= 4 is 11.5 Å². The summed E-state index contributed by atoms with van der Waals surface area (Å²) in [7, 11) is 0. The normalized spacial score (nSPS) is 11.3. The van der Waals surface area contributed by atoms with Crippen molar-refractivity contribution in [3.05, 3.63) is 71.3 Å². The van der Waals surface area contributed by atoms with Gasteiger partial charge in [0.15, 0.2) is 5.78 Å². The monoisotopic (exact) mass is 254 g/mol. The Bertz CT molecular complexity index is 625. The number of allylic oxidation sites excluding steroid dienone is 1. The molecule has 0 heterocycles. The Hall–Kier alpha value is -2.55. The van der Waals surface area contributed by atoms with Crippen LogP contribution in [-0.4, -0.2) is 16.0 Å². The highest BCUT2D eigenvalue weighted by Crippen LogP contribution is 2.19. The van der Waals surface area contributed by atoms with E-state index in [0.29, 0.717) is 5.56 Å². The number of aliphatic hydroxyl groups is 1. The first-order valence-corrected chi connectivity index (χ1v) is 5.88. The Morgan fingerprint density at radius 2 is 1.68 bits per heavy atom. The van der Waals surface area contributed by atoms with Gasteiger partial charge in [0.1, 0.15) is 11.5 Å². The number of hydrogen-bond acceptors (Lipinski definition) is 3. The maximum atomic E-state index is 11.9. The topological polar surface area (TPSA) is 57.5 Å². The number of carbonyl (C=O) groups excluding carboxylic acids is 1.